The quantitative estimate of drug-likeness (QED) is 0.835. The first kappa shape index (κ1) is 14.2. The second-order valence-corrected chi connectivity index (χ2v) is 4.69. The van der Waals surface area contributed by atoms with Gasteiger partial charge in [-0.3, -0.25) is 0 Å². The minimum Gasteiger partial charge on any atom is -0.478 e. The van der Waals surface area contributed by atoms with Crippen molar-refractivity contribution in [2.24, 2.45) is 0 Å². The van der Waals surface area contributed by atoms with E-state index in [1.165, 1.54) is 0 Å². The first-order valence-corrected chi connectivity index (χ1v) is 6.37. The standard InChI is InChI=1S/C16H13ClO3/c1-11(16(18)19)10-12-2-6-14(7-3-12)20-15-8-4-13(17)5-9-15/h2-10H,1H3,(H,18,19). The Bertz CT molecular complexity index is 628. The summed E-state index contributed by atoms with van der Waals surface area (Å²) >= 11 is 5.80. The molecule has 0 spiro atoms. The Kier molecular flexibility index (Phi) is 4.43. The largest absolute Gasteiger partial charge is 0.478 e. The normalized spacial score (nSPS) is 11.2. The van der Waals surface area contributed by atoms with Gasteiger partial charge in [-0.2, -0.15) is 0 Å². The van der Waals surface area contributed by atoms with Crippen molar-refractivity contribution in [3.8, 4) is 11.5 Å². The van der Waals surface area contributed by atoms with E-state index in [2.05, 4.69) is 0 Å². The van der Waals surface area contributed by atoms with E-state index < -0.39 is 5.97 Å². The van der Waals surface area contributed by atoms with Gasteiger partial charge in [-0.05, 0) is 55.0 Å². The topological polar surface area (TPSA) is 46.5 Å². The molecule has 1 N–H and O–H groups in total. The van der Waals surface area contributed by atoms with Gasteiger partial charge in [0.25, 0.3) is 0 Å². The lowest BCUT2D eigenvalue weighted by Gasteiger charge is -2.06. The van der Waals surface area contributed by atoms with Crippen LogP contribution in [0.25, 0.3) is 6.08 Å². The van der Waals surface area contributed by atoms with Gasteiger partial charge >= 0.3 is 5.97 Å². The van der Waals surface area contributed by atoms with E-state index in [1.54, 1.807) is 61.5 Å². The number of hydrogen-bond acceptors (Lipinski definition) is 2. The van der Waals surface area contributed by atoms with Crippen LogP contribution in [0.15, 0.2) is 54.1 Å². The SMILES string of the molecule is CC(=Cc1ccc(Oc2ccc(Cl)cc2)cc1)C(=O)O. The molecule has 0 atom stereocenters. The molecule has 4 heteroatoms. The van der Waals surface area contributed by atoms with E-state index in [0.29, 0.717) is 16.5 Å². The number of hydrogen-bond donors (Lipinski definition) is 1. The van der Waals surface area contributed by atoms with Crippen molar-refractivity contribution in [2.45, 2.75) is 6.92 Å². The van der Waals surface area contributed by atoms with E-state index in [9.17, 15) is 4.79 Å². The molecule has 0 radical (unpaired) electrons. The molecular weight excluding hydrogens is 276 g/mol. The second-order valence-electron chi connectivity index (χ2n) is 4.26. The summed E-state index contributed by atoms with van der Waals surface area (Å²) in [7, 11) is 0. The van der Waals surface area contributed by atoms with Gasteiger partial charge in [0.15, 0.2) is 0 Å². The number of aliphatic carboxylic acids is 1. The first-order chi connectivity index (χ1) is 9.54. The van der Waals surface area contributed by atoms with Gasteiger partial charge in [0.05, 0.1) is 0 Å². The third-order valence-electron chi connectivity index (χ3n) is 2.65. The molecule has 0 aromatic heterocycles. The zero-order valence-electron chi connectivity index (χ0n) is 10.8. The fraction of sp³-hybridized carbons (Fsp3) is 0.0625. The van der Waals surface area contributed by atoms with Gasteiger partial charge in [0.1, 0.15) is 11.5 Å². The van der Waals surface area contributed by atoms with Crippen LogP contribution in [0.3, 0.4) is 0 Å². The number of carbonyl (C=O) groups is 1. The molecular formula is C16H13ClO3. The van der Waals surface area contributed by atoms with E-state index in [1.807, 2.05) is 0 Å². The van der Waals surface area contributed by atoms with Gasteiger partial charge in [0, 0.05) is 10.6 Å². The molecule has 2 rings (SSSR count). The molecule has 0 aliphatic carbocycles. The molecule has 20 heavy (non-hydrogen) atoms. The third-order valence-corrected chi connectivity index (χ3v) is 2.90. The van der Waals surface area contributed by atoms with Crippen LogP contribution in [-0.4, -0.2) is 11.1 Å². The maximum Gasteiger partial charge on any atom is 0.331 e. The summed E-state index contributed by atoms with van der Waals surface area (Å²) in [5.74, 6) is 0.448. The van der Waals surface area contributed by atoms with Gasteiger partial charge < -0.3 is 9.84 Å². The summed E-state index contributed by atoms with van der Waals surface area (Å²) in [5.41, 5.74) is 1.10. The van der Waals surface area contributed by atoms with E-state index in [0.717, 1.165) is 5.56 Å². The number of carboxylic acid groups (broad SMARTS) is 1. The van der Waals surface area contributed by atoms with Crippen molar-refractivity contribution in [1.82, 2.24) is 0 Å². The van der Waals surface area contributed by atoms with Crippen LogP contribution in [0.4, 0.5) is 0 Å². The molecule has 0 aliphatic heterocycles. The van der Waals surface area contributed by atoms with E-state index in [-0.39, 0.29) is 5.57 Å². The number of benzene rings is 2. The Morgan fingerprint density at radius 2 is 1.55 bits per heavy atom. The van der Waals surface area contributed by atoms with Gasteiger partial charge in [0.2, 0.25) is 0 Å². The van der Waals surface area contributed by atoms with Crippen molar-refractivity contribution in [3.63, 3.8) is 0 Å². The summed E-state index contributed by atoms with van der Waals surface area (Å²) in [6.07, 6.45) is 1.61. The molecule has 0 aliphatic rings. The Morgan fingerprint density at radius 1 is 1.05 bits per heavy atom. The lowest BCUT2D eigenvalue weighted by molar-refractivity contribution is -0.132. The summed E-state index contributed by atoms with van der Waals surface area (Å²) < 4.78 is 5.65. The average molecular weight is 289 g/mol. The molecule has 102 valence electrons. The zero-order chi connectivity index (χ0) is 14.5. The van der Waals surface area contributed by atoms with Crippen LogP contribution in [0.5, 0.6) is 11.5 Å². The van der Waals surface area contributed by atoms with Crippen LogP contribution in [0, 0.1) is 0 Å². The summed E-state index contributed by atoms with van der Waals surface area (Å²) in [5, 5.41) is 9.47. The highest BCUT2D eigenvalue weighted by atomic mass is 35.5. The highest BCUT2D eigenvalue weighted by molar-refractivity contribution is 6.30. The third kappa shape index (κ3) is 3.87. The monoisotopic (exact) mass is 288 g/mol. The Morgan fingerprint density at radius 3 is 2.05 bits per heavy atom. The summed E-state index contributed by atoms with van der Waals surface area (Å²) in [6.45, 7) is 1.56. The molecule has 3 nitrogen and oxygen atoms in total. The van der Waals surface area contributed by atoms with Crippen LogP contribution >= 0.6 is 11.6 Å². The van der Waals surface area contributed by atoms with Crippen molar-refractivity contribution in [2.75, 3.05) is 0 Å². The predicted molar refractivity (Wildman–Crippen MR) is 79.3 cm³/mol. The second kappa shape index (κ2) is 6.26. The minimum atomic E-state index is -0.925. The van der Waals surface area contributed by atoms with E-state index in [4.69, 9.17) is 21.4 Å². The van der Waals surface area contributed by atoms with Crippen molar-refractivity contribution in [3.05, 3.63) is 64.7 Å². The van der Waals surface area contributed by atoms with Crippen LogP contribution in [0.2, 0.25) is 5.02 Å². The number of ether oxygens (including phenoxy) is 1. The molecule has 0 heterocycles. The molecule has 0 bridgehead atoms. The van der Waals surface area contributed by atoms with Gasteiger partial charge in [-0.15, -0.1) is 0 Å². The molecule has 2 aromatic rings. The fourth-order valence-electron chi connectivity index (χ4n) is 1.58. The number of carboxylic acids is 1. The predicted octanol–water partition coefficient (Wildman–Crippen LogP) is 4.62. The molecule has 0 saturated carbocycles. The average Bonchev–Trinajstić information content (AvgIpc) is 2.43. The van der Waals surface area contributed by atoms with Crippen molar-refractivity contribution in [1.29, 1.82) is 0 Å². The number of rotatable bonds is 4. The minimum absolute atomic E-state index is 0.288. The maximum atomic E-state index is 10.7. The Balaban J connectivity index is 2.10. The smallest absolute Gasteiger partial charge is 0.331 e. The molecule has 2 aromatic carbocycles. The summed E-state index contributed by atoms with van der Waals surface area (Å²) in [4.78, 5) is 10.7. The molecule has 0 saturated heterocycles. The number of halogens is 1. The molecule has 0 fully saturated rings. The van der Waals surface area contributed by atoms with Crippen LogP contribution < -0.4 is 4.74 Å². The highest BCUT2D eigenvalue weighted by Crippen LogP contribution is 2.23. The lowest BCUT2D eigenvalue weighted by Crippen LogP contribution is -1.95. The van der Waals surface area contributed by atoms with Gasteiger partial charge in [-0.1, -0.05) is 23.7 Å². The van der Waals surface area contributed by atoms with E-state index >= 15 is 0 Å². The van der Waals surface area contributed by atoms with Crippen molar-refractivity contribution >= 4 is 23.6 Å². The van der Waals surface area contributed by atoms with Crippen molar-refractivity contribution < 1.29 is 14.6 Å². The Hall–Kier alpha value is -2.26. The summed E-state index contributed by atoms with van der Waals surface area (Å²) in [6, 6.07) is 14.3. The zero-order valence-corrected chi connectivity index (χ0v) is 11.6. The first-order valence-electron chi connectivity index (χ1n) is 6.00. The Labute approximate surface area is 122 Å². The molecule has 0 amide bonds. The molecule has 0 unspecified atom stereocenters. The highest BCUT2D eigenvalue weighted by Gasteiger charge is 2.01. The fourth-order valence-corrected chi connectivity index (χ4v) is 1.71. The van der Waals surface area contributed by atoms with Crippen LogP contribution in [-0.2, 0) is 4.79 Å². The van der Waals surface area contributed by atoms with Crippen LogP contribution in [0.1, 0.15) is 12.5 Å². The lowest BCUT2D eigenvalue weighted by atomic mass is 10.1. The van der Waals surface area contributed by atoms with Gasteiger partial charge in [-0.25, -0.2) is 4.79 Å². The maximum absolute atomic E-state index is 10.7.